The van der Waals surface area contributed by atoms with Gasteiger partial charge in [-0.25, -0.2) is 0 Å². The Morgan fingerprint density at radius 3 is 2.92 bits per heavy atom. The Balaban J connectivity index is 2.75. The van der Waals surface area contributed by atoms with E-state index in [4.69, 9.17) is 0 Å². The van der Waals surface area contributed by atoms with E-state index in [1.54, 1.807) is 6.92 Å². The minimum Gasteiger partial charge on any atom is -0.387 e. The maximum Gasteiger partial charge on any atom is 0.0953 e. The Morgan fingerprint density at radius 1 is 1.46 bits per heavy atom. The van der Waals surface area contributed by atoms with Gasteiger partial charge in [0.15, 0.2) is 0 Å². The number of benzene rings is 1. The number of aromatic amines is 1. The van der Waals surface area contributed by atoms with Gasteiger partial charge in [0, 0.05) is 5.39 Å². The molecule has 0 aliphatic heterocycles. The summed E-state index contributed by atoms with van der Waals surface area (Å²) in [6, 6.07) is 5.95. The SMILES string of the molecule is Cc1cccc2c(C(C)O)[nH]nc12. The smallest absolute Gasteiger partial charge is 0.0953 e. The number of aromatic nitrogens is 2. The maximum absolute atomic E-state index is 9.43. The number of aliphatic hydroxyl groups is 1. The topological polar surface area (TPSA) is 48.9 Å². The number of aryl methyl sites for hydroxylation is 1. The second-order valence-electron chi connectivity index (χ2n) is 3.28. The van der Waals surface area contributed by atoms with Crippen LogP contribution in [0.1, 0.15) is 24.3 Å². The lowest BCUT2D eigenvalue weighted by Gasteiger charge is -2.00. The van der Waals surface area contributed by atoms with Crippen LogP contribution in [0.4, 0.5) is 0 Å². The predicted octanol–water partition coefficient (Wildman–Crippen LogP) is 1.92. The molecular formula is C10H12N2O. The van der Waals surface area contributed by atoms with E-state index in [9.17, 15) is 5.11 Å². The molecule has 0 aliphatic carbocycles. The highest BCUT2D eigenvalue weighted by atomic mass is 16.3. The van der Waals surface area contributed by atoms with Crippen LogP contribution >= 0.6 is 0 Å². The number of para-hydroxylation sites is 1. The molecule has 2 aromatic rings. The normalized spacial score (nSPS) is 13.5. The van der Waals surface area contributed by atoms with E-state index >= 15 is 0 Å². The zero-order chi connectivity index (χ0) is 9.42. The molecule has 0 spiro atoms. The van der Waals surface area contributed by atoms with Gasteiger partial charge in [-0.2, -0.15) is 5.10 Å². The van der Waals surface area contributed by atoms with Gasteiger partial charge in [-0.15, -0.1) is 0 Å². The molecule has 68 valence electrons. The lowest BCUT2D eigenvalue weighted by molar-refractivity contribution is 0.195. The van der Waals surface area contributed by atoms with Gasteiger partial charge < -0.3 is 5.11 Å². The van der Waals surface area contributed by atoms with E-state index in [0.29, 0.717) is 0 Å². The molecule has 2 rings (SSSR count). The first-order chi connectivity index (χ1) is 6.20. The molecule has 0 radical (unpaired) electrons. The Bertz CT molecular complexity index is 431. The molecule has 1 unspecified atom stereocenters. The Labute approximate surface area is 76.4 Å². The fourth-order valence-corrected chi connectivity index (χ4v) is 1.52. The second-order valence-corrected chi connectivity index (χ2v) is 3.28. The molecule has 3 heteroatoms. The lowest BCUT2D eigenvalue weighted by atomic mass is 10.1. The maximum atomic E-state index is 9.43. The van der Waals surface area contributed by atoms with Crippen LogP contribution in [0, 0.1) is 6.92 Å². The molecule has 0 bridgehead atoms. The minimum absolute atomic E-state index is 0.494. The van der Waals surface area contributed by atoms with Gasteiger partial charge in [0.1, 0.15) is 0 Å². The fourth-order valence-electron chi connectivity index (χ4n) is 1.52. The molecule has 3 nitrogen and oxygen atoms in total. The summed E-state index contributed by atoms with van der Waals surface area (Å²) in [5.41, 5.74) is 2.86. The highest BCUT2D eigenvalue weighted by molar-refractivity contribution is 5.84. The van der Waals surface area contributed by atoms with E-state index < -0.39 is 6.10 Å². The third-order valence-electron chi connectivity index (χ3n) is 2.23. The molecule has 13 heavy (non-hydrogen) atoms. The van der Waals surface area contributed by atoms with Crippen LogP contribution in [0.3, 0.4) is 0 Å². The third-order valence-corrected chi connectivity index (χ3v) is 2.23. The number of hydrogen-bond donors (Lipinski definition) is 2. The summed E-state index contributed by atoms with van der Waals surface area (Å²) >= 11 is 0. The van der Waals surface area contributed by atoms with Gasteiger partial charge in [-0.3, -0.25) is 5.10 Å². The molecule has 0 fully saturated rings. The Morgan fingerprint density at radius 2 is 2.23 bits per heavy atom. The van der Waals surface area contributed by atoms with Crippen molar-refractivity contribution >= 4 is 10.9 Å². The molecular weight excluding hydrogens is 164 g/mol. The van der Waals surface area contributed by atoms with Crippen molar-refractivity contribution in [2.24, 2.45) is 0 Å². The quantitative estimate of drug-likeness (QED) is 0.697. The first-order valence-electron chi connectivity index (χ1n) is 4.32. The summed E-state index contributed by atoms with van der Waals surface area (Å²) in [5.74, 6) is 0. The van der Waals surface area contributed by atoms with Crippen LogP contribution in [-0.4, -0.2) is 15.3 Å². The van der Waals surface area contributed by atoms with Gasteiger partial charge in [-0.05, 0) is 19.4 Å². The Hall–Kier alpha value is -1.35. The number of hydrogen-bond acceptors (Lipinski definition) is 2. The summed E-state index contributed by atoms with van der Waals surface area (Å²) in [6.07, 6.45) is -0.494. The van der Waals surface area contributed by atoms with Gasteiger partial charge in [0.05, 0.1) is 17.3 Å². The minimum atomic E-state index is -0.494. The number of nitrogens with zero attached hydrogens (tertiary/aromatic N) is 1. The van der Waals surface area contributed by atoms with Crippen molar-refractivity contribution < 1.29 is 5.11 Å². The van der Waals surface area contributed by atoms with E-state index in [2.05, 4.69) is 10.2 Å². The molecule has 1 heterocycles. The van der Waals surface area contributed by atoms with Crippen molar-refractivity contribution in [1.29, 1.82) is 0 Å². The predicted molar refractivity (Wildman–Crippen MR) is 51.5 cm³/mol. The van der Waals surface area contributed by atoms with E-state index in [-0.39, 0.29) is 0 Å². The highest BCUT2D eigenvalue weighted by Crippen LogP contribution is 2.23. The van der Waals surface area contributed by atoms with Gasteiger partial charge in [0.2, 0.25) is 0 Å². The molecule has 0 amide bonds. The molecule has 1 aromatic carbocycles. The van der Waals surface area contributed by atoms with Crippen LogP contribution in [0.5, 0.6) is 0 Å². The van der Waals surface area contributed by atoms with Gasteiger partial charge in [0.25, 0.3) is 0 Å². The first kappa shape index (κ1) is 8.26. The van der Waals surface area contributed by atoms with E-state index in [0.717, 1.165) is 22.2 Å². The van der Waals surface area contributed by atoms with Gasteiger partial charge >= 0.3 is 0 Å². The van der Waals surface area contributed by atoms with Crippen LogP contribution in [-0.2, 0) is 0 Å². The summed E-state index contributed by atoms with van der Waals surface area (Å²) in [5, 5.41) is 17.4. The van der Waals surface area contributed by atoms with E-state index in [1.165, 1.54) is 0 Å². The number of H-pyrrole nitrogens is 1. The molecule has 0 saturated heterocycles. The summed E-state index contributed by atoms with van der Waals surface area (Å²) in [6.45, 7) is 3.74. The molecule has 1 atom stereocenters. The van der Waals surface area contributed by atoms with Crippen LogP contribution < -0.4 is 0 Å². The molecule has 0 saturated carbocycles. The summed E-state index contributed by atoms with van der Waals surface area (Å²) < 4.78 is 0. The van der Waals surface area contributed by atoms with Crippen molar-refractivity contribution in [1.82, 2.24) is 10.2 Å². The average molecular weight is 176 g/mol. The van der Waals surface area contributed by atoms with Crippen molar-refractivity contribution in [2.45, 2.75) is 20.0 Å². The van der Waals surface area contributed by atoms with Crippen molar-refractivity contribution in [3.63, 3.8) is 0 Å². The van der Waals surface area contributed by atoms with Crippen molar-refractivity contribution in [3.8, 4) is 0 Å². The molecule has 0 aliphatic rings. The van der Waals surface area contributed by atoms with Gasteiger partial charge in [-0.1, -0.05) is 18.2 Å². The molecule has 1 aromatic heterocycles. The van der Waals surface area contributed by atoms with E-state index in [1.807, 2.05) is 25.1 Å². The monoisotopic (exact) mass is 176 g/mol. The zero-order valence-electron chi connectivity index (χ0n) is 7.70. The number of nitrogens with one attached hydrogen (secondary N) is 1. The Kier molecular flexibility index (Phi) is 1.81. The average Bonchev–Trinajstić information content (AvgIpc) is 2.48. The van der Waals surface area contributed by atoms with Crippen LogP contribution in [0.15, 0.2) is 18.2 Å². The summed E-state index contributed by atoms with van der Waals surface area (Å²) in [7, 11) is 0. The van der Waals surface area contributed by atoms with Crippen LogP contribution in [0.2, 0.25) is 0 Å². The largest absolute Gasteiger partial charge is 0.387 e. The fraction of sp³-hybridized carbons (Fsp3) is 0.300. The van der Waals surface area contributed by atoms with Crippen molar-refractivity contribution in [3.05, 3.63) is 29.5 Å². The first-order valence-corrected chi connectivity index (χ1v) is 4.32. The number of rotatable bonds is 1. The second kappa shape index (κ2) is 2.85. The third kappa shape index (κ3) is 1.21. The highest BCUT2D eigenvalue weighted by Gasteiger charge is 2.10. The van der Waals surface area contributed by atoms with Crippen LogP contribution in [0.25, 0.3) is 10.9 Å². The lowest BCUT2D eigenvalue weighted by Crippen LogP contribution is -1.91. The van der Waals surface area contributed by atoms with Crippen molar-refractivity contribution in [2.75, 3.05) is 0 Å². The number of fused-ring (bicyclic) bond motifs is 1. The summed E-state index contributed by atoms with van der Waals surface area (Å²) in [4.78, 5) is 0. The standard InChI is InChI=1S/C10H12N2O/c1-6-4-3-5-8-9(6)11-12-10(8)7(2)13/h3-5,7,13H,1-2H3,(H,11,12). The zero-order valence-corrected chi connectivity index (χ0v) is 7.70. The molecule has 2 N–H and O–H groups in total. The number of aliphatic hydroxyl groups excluding tert-OH is 1.